The second-order valence-corrected chi connectivity index (χ2v) is 5.25. The third-order valence-electron chi connectivity index (χ3n) is 3.83. The van der Waals surface area contributed by atoms with Crippen molar-refractivity contribution in [1.29, 1.82) is 0 Å². The minimum atomic E-state index is -2.01. The van der Waals surface area contributed by atoms with Crippen LogP contribution in [-0.4, -0.2) is 67.6 Å². The fourth-order valence-electron chi connectivity index (χ4n) is 2.60. The van der Waals surface area contributed by atoms with Crippen LogP contribution in [0.4, 0.5) is 10.2 Å². The standard InChI is InChI=1S/C12H15FN8O4/c13-6-8(23)12(3-22,24-2-1-19-20-15)25-11(6)21-5-18-7-9(14)16-4-17-10(7)21/h4-6,8,11,22-23H,1-3H2,(H2,14,16,17)/t6-,8-,11+,12+/m0/s1. The summed E-state index contributed by atoms with van der Waals surface area (Å²) in [6.45, 7) is -1.07. The van der Waals surface area contributed by atoms with Crippen molar-refractivity contribution in [3.05, 3.63) is 23.1 Å². The Labute approximate surface area is 139 Å². The predicted molar refractivity (Wildman–Crippen MR) is 80.5 cm³/mol. The molecular formula is C12H15FN8O4. The van der Waals surface area contributed by atoms with Gasteiger partial charge < -0.3 is 25.4 Å². The average Bonchev–Trinajstić information content (AvgIpc) is 3.15. The van der Waals surface area contributed by atoms with Gasteiger partial charge in [0.25, 0.3) is 0 Å². The molecule has 1 aliphatic rings. The lowest BCUT2D eigenvalue weighted by Crippen LogP contribution is -2.48. The van der Waals surface area contributed by atoms with Gasteiger partial charge in [0.05, 0.1) is 12.9 Å². The van der Waals surface area contributed by atoms with Gasteiger partial charge in [-0.25, -0.2) is 19.3 Å². The number of rotatable bonds is 6. The number of aliphatic hydroxyl groups is 2. The molecule has 0 aromatic carbocycles. The van der Waals surface area contributed by atoms with Crippen molar-refractivity contribution in [3.8, 4) is 0 Å². The largest absolute Gasteiger partial charge is 0.391 e. The summed E-state index contributed by atoms with van der Waals surface area (Å²) in [5.74, 6) is -1.90. The summed E-state index contributed by atoms with van der Waals surface area (Å²) >= 11 is 0. The summed E-state index contributed by atoms with van der Waals surface area (Å²) in [6, 6.07) is 0. The molecule has 4 N–H and O–H groups in total. The number of azide groups is 1. The lowest BCUT2D eigenvalue weighted by Gasteiger charge is -2.29. The second-order valence-electron chi connectivity index (χ2n) is 5.25. The Hall–Kier alpha value is -2.57. The maximum absolute atomic E-state index is 14.7. The molecule has 3 heterocycles. The Morgan fingerprint density at radius 3 is 3.04 bits per heavy atom. The number of halogens is 1. The number of nitrogen functional groups attached to an aromatic ring is 1. The van der Waals surface area contributed by atoms with Crippen LogP contribution in [-0.2, 0) is 9.47 Å². The molecule has 2 aromatic rings. The average molecular weight is 354 g/mol. The molecule has 12 nitrogen and oxygen atoms in total. The first kappa shape index (κ1) is 17.3. The van der Waals surface area contributed by atoms with Gasteiger partial charge in [0.15, 0.2) is 23.9 Å². The van der Waals surface area contributed by atoms with Crippen molar-refractivity contribution in [3.63, 3.8) is 0 Å². The lowest BCUT2D eigenvalue weighted by molar-refractivity contribution is -0.280. The quantitative estimate of drug-likeness (QED) is 0.273. The molecule has 0 bridgehead atoms. The van der Waals surface area contributed by atoms with Crippen molar-refractivity contribution in [1.82, 2.24) is 19.5 Å². The first-order chi connectivity index (χ1) is 12.0. The summed E-state index contributed by atoms with van der Waals surface area (Å²) in [7, 11) is 0. The van der Waals surface area contributed by atoms with Gasteiger partial charge in [-0.3, -0.25) is 4.57 Å². The van der Waals surface area contributed by atoms with E-state index in [1.807, 2.05) is 0 Å². The van der Waals surface area contributed by atoms with Crippen LogP contribution < -0.4 is 5.73 Å². The first-order valence-electron chi connectivity index (χ1n) is 7.22. The Kier molecular flexibility index (Phi) is 4.65. The number of hydrogen-bond acceptors (Lipinski definition) is 9. The van der Waals surface area contributed by atoms with Gasteiger partial charge in [0.2, 0.25) is 5.79 Å². The molecule has 0 spiro atoms. The molecule has 1 saturated heterocycles. The Balaban J connectivity index is 1.90. The maximum atomic E-state index is 14.7. The molecule has 4 atom stereocenters. The molecule has 0 aliphatic carbocycles. The zero-order valence-electron chi connectivity index (χ0n) is 12.8. The van der Waals surface area contributed by atoms with Gasteiger partial charge in [-0.1, -0.05) is 5.11 Å². The van der Waals surface area contributed by atoms with Gasteiger partial charge >= 0.3 is 0 Å². The van der Waals surface area contributed by atoms with E-state index < -0.39 is 30.9 Å². The number of hydrogen-bond donors (Lipinski definition) is 3. The number of nitrogens with two attached hydrogens (primary N) is 1. The molecule has 25 heavy (non-hydrogen) atoms. The molecule has 0 unspecified atom stereocenters. The molecule has 13 heteroatoms. The first-order valence-corrected chi connectivity index (χ1v) is 7.22. The van der Waals surface area contributed by atoms with Gasteiger partial charge in [-0.05, 0) is 5.53 Å². The molecule has 1 aliphatic heterocycles. The van der Waals surface area contributed by atoms with E-state index in [9.17, 15) is 14.6 Å². The molecule has 0 radical (unpaired) electrons. The van der Waals surface area contributed by atoms with E-state index in [-0.39, 0.29) is 30.1 Å². The van der Waals surface area contributed by atoms with E-state index in [0.29, 0.717) is 0 Å². The highest BCUT2D eigenvalue weighted by Gasteiger charge is 2.57. The van der Waals surface area contributed by atoms with Crippen LogP contribution in [0.25, 0.3) is 21.6 Å². The van der Waals surface area contributed by atoms with Crippen molar-refractivity contribution in [2.24, 2.45) is 5.11 Å². The fraction of sp³-hybridized carbons (Fsp3) is 0.583. The third kappa shape index (κ3) is 2.83. The van der Waals surface area contributed by atoms with E-state index in [1.54, 1.807) is 0 Å². The number of ether oxygens (including phenoxy) is 2. The van der Waals surface area contributed by atoms with Crippen LogP contribution in [0.5, 0.6) is 0 Å². The highest BCUT2D eigenvalue weighted by Crippen LogP contribution is 2.40. The van der Waals surface area contributed by atoms with Gasteiger partial charge in [-0.2, -0.15) is 0 Å². The van der Waals surface area contributed by atoms with Crippen molar-refractivity contribution < 1.29 is 24.1 Å². The SMILES string of the molecule is [N-]=[N+]=NCCO[C@]1(CO)O[C@@H](n2cnc3c(N)ncnc32)[C@@H](F)[C@@H]1O. The van der Waals surface area contributed by atoms with Crippen LogP contribution in [0.2, 0.25) is 0 Å². The van der Waals surface area contributed by atoms with Gasteiger partial charge in [-0.15, -0.1) is 0 Å². The number of fused-ring (bicyclic) bond motifs is 1. The molecular weight excluding hydrogens is 339 g/mol. The molecule has 2 aromatic heterocycles. The smallest absolute Gasteiger partial charge is 0.223 e. The molecule has 0 amide bonds. The molecule has 0 saturated carbocycles. The van der Waals surface area contributed by atoms with E-state index in [0.717, 1.165) is 0 Å². The lowest BCUT2D eigenvalue weighted by atomic mass is 10.1. The summed E-state index contributed by atoms with van der Waals surface area (Å²) in [5.41, 5.74) is 14.4. The predicted octanol–water partition coefficient (Wildman–Crippen LogP) is -0.348. The van der Waals surface area contributed by atoms with Crippen molar-refractivity contribution in [2.45, 2.75) is 24.3 Å². The minimum Gasteiger partial charge on any atom is -0.391 e. The van der Waals surface area contributed by atoms with E-state index >= 15 is 0 Å². The monoisotopic (exact) mass is 354 g/mol. The highest BCUT2D eigenvalue weighted by atomic mass is 19.1. The summed E-state index contributed by atoms with van der Waals surface area (Å²) in [6.07, 6.45) is -2.66. The Morgan fingerprint density at radius 1 is 1.52 bits per heavy atom. The Morgan fingerprint density at radius 2 is 2.32 bits per heavy atom. The number of aliphatic hydroxyl groups excluding tert-OH is 2. The van der Waals surface area contributed by atoms with E-state index in [2.05, 4.69) is 25.0 Å². The number of alkyl halides is 1. The normalized spacial score (nSPS) is 29.0. The number of imidazole rings is 1. The summed E-state index contributed by atoms with van der Waals surface area (Å²) in [5, 5.41) is 23.0. The van der Waals surface area contributed by atoms with Crippen LogP contribution >= 0.6 is 0 Å². The Bertz CT molecular complexity index is 812. The molecule has 1 fully saturated rings. The van der Waals surface area contributed by atoms with Crippen LogP contribution in [0.15, 0.2) is 17.8 Å². The fourth-order valence-corrected chi connectivity index (χ4v) is 2.60. The number of aromatic nitrogens is 4. The van der Waals surface area contributed by atoms with Crippen LogP contribution in [0.3, 0.4) is 0 Å². The maximum Gasteiger partial charge on any atom is 0.223 e. The number of nitrogens with zero attached hydrogens (tertiary/aromatic N) is 7. The van der Waals surface area contributed by atoms with Crippen molar-refractivity contribution in [2.75, 3.05) is 25.5 Å². The molecule has 134 valence electrons. The van der Waals surface area contributed by atoms with Gasteiger partial charge in [0, 0.05) is 11.5 Å². The van der Waals surface area contributed by atoms with E-state index in [4.69, 9.17) is 20.7 Å². The zero-order chi connectivity index (χ0) is 18.0. The molecule has 3 rings (SSSR count). The topological polar surface area (TPSA) is 177 Å². The second kappa shape index (κ2) is 6.74. The van der Waals surface area contributed by atoms with Crippen LogP contribution in [0, 0.1) is 0 Å². The highest BCUT2D eigenvalue weighted by molar-refractivity contribution is 5.81. The zero-order valence-corrected chi connectivity index (χ0v) is 12.8. The van der Waals surface area contributed by atoms with E-state index in [1.165, 1.54) is 17.2 Å². The third-order valence-corrected chi connectivity index (χ3v) is 3.83. The van der Waals surface area contributed by atoms with Crippen molar-refractivity contribution >= 4 is 17.0 Å². The van der Waals surface area contributed by atoms with Crippen LogP contribution in [0.1, 0.15) is 6.23 Å². The summed E-state index contributed by atoms with van der Waals surface area (Å²) < 4.78 is 26.6. The number of anilines is 1. The van der Waals surface area contributed by atoms with Gasteiger partial charge in [0.1, 0.15) is 24.6 Å². The minimum absolute atomic E-state index is 0.0757. The summed E-state index contributed by atoms with van der Waals surface area (Å²) in [4.78, 5) is 14.3.